The van der Waals surface area contributed by atoms with Crippen LogP contribution in [0.4, 0.5) is 11.4 Å². The van der Waals surface area contributed by atoms with Crippen LogP contribution in [0.25, 0.3) is 0 Å². The summed E-state index contributed by atoms with van der Waals surface area (Å²) in [6.07, 6.45) is 0.548. The number of hydrogen-bond acceptors (Lipinski definition) is 7. The lowest BCUT2D eigenvalue weighted by Gasteiger charge is -2.32. The Labute approximate surface area is 194 Å². The van der Waals surface area contributed by atoms with E-state index in [1.165, 1.54) is 7.11 Å². The molecule has 0 fully saturated rings. The maximum atomic E-state index is 13.7. The van der Waals surface area contributed by atoms with Crippen molar-refractivity contribution in [2.45, 2.75) is 39.3 Å². The highest BCUT2D eigenvalue weighted by Crippen LogP contribution is 2.45. The second-order valence-corrected chi connectivity index (χ2v) is 8.76. The summed E-state index contributed by atoms with van der Waals surface area (Å²) in [5.41, 5.74) is 3.94. The van der Waals surface area contributed by atoms with Crippen LogP contribution in [0.1, 0.15) is 38.8 Å². The Morgan fingerprint density at radius 2 is 1.79 bits per heavy atom. The molecule has 3 atom stereocenters. The first kappa shape index (κ1) is 22.7. The summed E-state index contributed by atoms with van der Waals surface area (Å²) in [5, 5.41) is 6.97. The van der Waals surface area contributed by atoms with Gasteiger partial charge in [0, 0.05) is 11.3 Å². The third-order valence-corrected chi connectivity index (χ3v) is 6.11. The lowest BCUT2D eigenvalue weighted by molar-refractivity contribution is -0.151. The molecular formula is C26H30N2O5. The van der Waals surface area contributed by atoms with Crippen molar-refractivity contribution in [1.82, 2.24) is 0 Å². The number of ether oxygens (including phenoxy) is 3. The minimum absolute atomic E-state index is 0.00614. The Balaban J connectivity index is 1.85. The lowest BCUT2D eigenvalue weighted by atomic mass is 9.75. The van der Waals surface area contributed by atoms with Gasteiger partial charge in [-0.1, -0.05) is 25.1 Å². The van der Waals surface area contributed by atoms with E-state index in [1.54, 1.807) is 7.11 Å². The number of carbonyl (C=O) groups is 2. The van der Waals surface area contributed by atoms with Gasteiger partial charge in [0.15, 0.2) is 17.3 Å². The second kappa shape index (κ2) is 9.17. The van der Waals surface area contributed by atoms with Gasteiger partial charge in [0.2, 0.25) is 0 Å². The fraction of sp³-hybridized carbons (Fsp3) is 0.385. The second-order valence-electron chi connectivity index (χ2n) is 8.76. The number of nitrogens with one attached hydrogen (secondary N) is 2. The van der Waals surface area contributed by atoms with Gasteiger partial charge in [0.1, 0.15) is 5.92 Å². The SMILES string of the molecule is COC(=O)[C@H]1C(=O)C2=C(C[C@H]1C)Nc1ccccc1N[C@H]2c1ccc(OC(C)C)c(OC)c1. The first-order valence-corrected chi connectivity index (χ1v) is 11.2. The van der Waals surface area contributed by atoms with E-state index in [2.05, 4.69) is 10.6 Å². The number of benzene rings is 2. The summed E-state index contributed by atoms with van der Waals surface area (Å²) in [4.78, 5) is 26.2. The zero-order chi connectivity index (χ0) is 23.7. The molecule has 0 amide bonds. The molecule has 0 spiro atoms. The zero-order valence-corrected chi connectivity index (χ0v) is 19.6. The molecule has 2 aromatic rings. The van der Waals surface area contributed by atoms with Crippen molar-refractivity contribution in [2.75, 3.05) is 24.9 Å². The number of esters is 1. The average Bonchev–Trinajstić information content (AvgIpc) is 2.95. The number of carbonyl (C=O) groups excluding carboxylic acids is 2. The Morgan fingerprint density at radius 1 is 1.06 bits per heavy atom. The van der Waals surface area contributed by atoms with E-state index in [1.807, 2.05) is 63.2 Å². The van der Waals surface area contributed by atoms with Crippen molar-refractivity contribution >= 4 is 23.1 Å². The van der Waals surface area contributed by atoms with Crippen LogP contribution in [-0.4, -0.2) is 32.1 Å². The van der Waals surface area contributed by atoms with Crippen LogP contribution >= 0.6 is 0 Å². The molecule has 0 radical (unpaired) electrons. The van der Waals surface area contributed by atoms with Crippen LogP contribution in [0, 0.1) is 11.8 Å². The number of Topliss-reactive ketones (excluding diaryl/α,β-unsaturated/α-hetero) is 1. The molecular weight excluding hydrogens is 420 g/mol. The Kier molecular flexibility index (Phi) is 6.31. The van der Waals surface area contributed by atoms with Gasteiger partial charge < -0.3 is 24.8 Å². The maximum Gasteiger partial charge on any atom is 0.316 e. The molecule has 2 aromatic carbocycles. The van der Waals surface area contributed by atoms with Crippen LogP contribution < -0.4 is 20.1 Å². The number of hydrogen-bond donors (Lipinski definition) is 2. The molecule has 0 saturated heterocycles. The molecule has 174 valence electrons. The van der Waals surface area contributed by atoms with Crippen molar-refractivity contribution in [3.8, 4) is 11.5 Å². The molecule has 1 aliphatic carbocycles. The lowest BCUT2D eigenvalue weighted by Crippen LogP contribution is -2.39. The molecule has 0 bridgehead atoms. The molecule has 4 rings (SSSR count). The molecule has 0 aromatic heterocycles. The highest BCUT2D eigenvalue weighted by Gasteiger charge is 2.44. The zero-order valence-electron chi connectivity index (χ0n) is 19.6. The quantitative estimate of drug-likeness (QED) is 0.504. The largest absolute Gasteiger partial charge is 0.493 e. The Hall–Kier alpha value is -3.48. The normalized spacial score (nSPS) is 21.9. The van der Waals surface area contributed by atoms with Crippen LogP contribution in [-0.2, 0) is 14.3 Å². The van der Waals surface area contributed by atoms with Crippen LogP contribution in [0.3, 0.4) is 0 Å². The van der Waals surface area contributed by atoms with Crippen molar-refractivity contribution in [3.63, 3.8) is 0 Å². The van der Waals surface area contributed by atoms with Gasteiger partial charge in [0.25, 0.3) is 0 Å². The van der Waals surface area contributed by atoms with Crippen LogP contribution in [0.5, 0.6) is 11.5 Å². The van der Waals surface area contributed by atoms with Crippen molar-refractivity contribution in [2.24, 2.45) is 11.8 Å². The Morgan fingerprint density at radius 3 is 2.45 bits per heavy atom. The van der Waals surface area contributed by atoms with E-state index in [0.717, 1.165) is 22.6 Å². The van der Waals surface area contributed by atoms with E-state index in [-0.39, 0.29) is 17.8 Å². The first-order valence-electron chi connectivity index (χ1n) is 11.2. The molecule has 0 unspecified atom stereocenters. The van der Waals surface area contributed by atoms with Gasteiger partial charge in [-0.2, -0.15) is 0 Å². The number of fused-ring (bicyclic) bond motifs is 1. The van der Waals surface area contributed by atoms with E-state index in [4.69, 9.17) is 14.2 Å². The summed E-state index contributed by atoms with van der Waals surface area (Å²) >= 11 is 0. The summed E-state index contributed by atoms with van der Waals surface area (Å²) in [6, 6.07) is 13.0. The van der Waals surface area contributed by atoms with E-state index >= 15 is 0 Å². The van der Waals surface area contributed by atoms with Gasteiger partial charge in [-0.3, -0.25) is 9.59 Å². The summed E-state index contributed by atoms with van der Waals surface area (Å²) < 4.78 is 16.4. The smallest absolute Gasteiger partial charge is 0.316 e. The van der Waals surface area contributed by atoms with E-state index in [9.17, 15) is 9.59 Å². The van der Waals surface area contributed by atoms with Gasteiger partial charge in [-0.25, -0.2) is 0 Å². The van der Waals surface area contributed by atoms with Crippen LogP contribution in [0.15, 0.2) is 53.7 Å². The minimum atomic E-state index is -0.841. The molecule has 7 nitrogen and oxygen atoms in total. The van der Waals surface area contributed by atoms with E-state index < -0.39 is 17.9 Å². The Bertz CT molecular complexity index is 1110. The van der Waals surface area contributed by atoms with Crippen molar-refractivity contribution in [1.29, 1.82) is 0 Å². The molecule has 1 aliphatic heterocycles. The third-order valence-electron chi connectivity index (χ3n) is 6.11. The molecule has 1 heterocycles. The van der Waals surface area contributed by atoms with E-state index in [0.29, 0.717) is 23.5 Å². The topological polar surface area (TPSA) is 85.9 Å². The molecule has 0 saturated carbocycles. The summed E-state index contributed by atoms with van der Waals surface area (Å²) in [6.45, 7) is 5.81. The molecule has 2 N–H and O–H groups in total. The highest BCUT2D eigenvalue weighted by molar-refractivity contribution is 6.11. The van der Waals surface area contributed by atoms with Crippen molar-refractivity contribution in [3.05, 3.63) is 59.3 Å². The molecule has 7 heteroatoms. The number of ketones is 1. The third kappa shape index (κ3) is 4.27. The molecule has 2 aliphatic rings. The van der Waals surface area contributed by atoms with Crippen LogP contribution in [0.2, 0.25) is 0 Å². The number of para-hydroxylation sites is 2. The number of allylic oxidation sites excluding steroid dienone is 1. The highest BCUT2D eigenvalue weighted by atomic mass is 16.5. The predicted molar refractivity (Wildman–Crippen MR) is 127 cm³/mol. The number of anilines is 2. The maximum absolute atomic E-state index is 13.7. The number of methoxy groups -OCH3 is 2. The number of rotatable bonds is 5. The minimum Gasteiger partial charge on any atom is -0.493 e. The van der Waals surface area contributed by atoms with Gasteiger partial charge >= 0.3 is 5.97 Å². The fourth-order valence-corrected chi connectivity index (χ4v) is 4.60. The average molecular weight is 451 g/mol. The van der Waals surface area contributed by atoms with Gasteiger partial charge in [-0.05, 0) is 56.0 Å². The van der Waals surface area contributed by atoms with Gasteiger partial charge in [0.05, 0.1) is 37.7 Å². The molecule has 33 heavy (non-hydrogen) atoms. The monoisotopic (exact) mass is 450 g/mol. The summed E-state index contributed by atoms with van der Waals surface area (Å²) in [7, 11) is 2.91. The predicted octanol–water partition coefficient (Wildman–Crippen LogP) is 4.71. The summed E-state index contributed by atoms with van der Waals surface area (Å²) in [5.74, 6) is -0.539. The first-order chi connectivity index (χ1) is 15.8. The van der Waals surface area contributed by atoms with Crippen molar-refractivity contribution < 1.29 is 23.8 Å². The fourth-order valence-electron chi connectivity index (χ4n) is 4.60. The standard InChI is InChI=1S/C26H30N2O5/c1-14(2)33-20-11-10-16(13-21(20)31-4)24-23-19(27-17-8-6-7-9-18(17)28-24)12-15(3)22(25(23)29)26(30)32-5/h6-11,13-15,22,24,27-28H,12H2,1-5H3/t15-,22-,24+/m1/s1. The van der Waals surface area contributed by atoms with Gasteiger partial charge in [-0.15, -0.1) is 0 Å².